The Hall–Kier alpha value is -3.62. The lowest BCUT2D eigenvalue weighted by molar-refractivity contribution is 0.487. The Balaban J connectivity index is 2.14. The maximum atomic E-state index is 12.0. The Morgan fingerprint density at radius 2 is 0.769 bits per heavy atom. The van der Waals surface area contributed by atoms with Crippen molar-refractivity contribution in [2.75, 3.05) is 12.5 Å². The zero-order chi connectivity index (χ0) is 28.6. The van der Waals surface area contributed by atoms with E-state index in [2.05, 4.69) is 24.3 Å². The first kappa shape index (κ1) is 28.4. The van der Waals surface area contributed by atoms with E-state index >= 15 is 0 Å². The SMILES string of the molecule is Cc1cc(C(c2ccccc2)(c2ccccc2)c2cc(C)c(OS(C)(=O)=O)c(C)c2)cc(C)c1OS(C)(=O)=O. The van der Waals surface area contributed by atoms with Crippen LogP contribution in [0.3, 0.4) is 0 Å². The van der Waals surface area contributed by atoms with E-state index in [4.69, 9.17) is 8.37 Å². The predicted molar refractivity (Wildman–Crippen MR) is 155 cm³/mol. The summed E-state index contributed by atoms with van der Waals surface area (Å²) in [7, 11) is -7.44. The van der Waals surface area contributed by atoms with Crippen LogP contribution in [0.2, 0.25) is 0 Å². The first-order valence-electron chi connectivity index (χ1n) is 12.4. The number of hydrogen-bond acceptors (Lipinski definition) is 6. The molecule has 0 fully saturated rings. The molecule has 0 heterocycles. The molecular formula is C31H32O6S2. The van der Waals surface area contributed by atoms with Crippen LogP contribution in [-0.2, 0) is 25.7 Å². The molecule has 0 aromatic heterocycles. The highest BCUT2D eigenvalue weighted by atomic mass is 32.2. The van der Waals surface area contributed by atoms with Crippen molar-refractivity contribution < 1.29 is 25.2 Å². The maximum Gasteiger partial charge on any atom is 0.306 e. The third-order valence-corrected chi connectivity index (χ3v) is 7.61. The Kier molecular flexibility index (Phi) is 7.65. The molecule has 0 saturated heterocycles. The molecule has 204 valence electrons. The smallest absolute Gasteiger partial charge is 0.306 e. The van der Waals surface area contributed by atoms with Gasteiger partial charge in [0.15, 0.2) is 0 Å². The minimum absolute atomic E-state index is 0.306. The minimum atomic E-state index is -3.72. The van der Waals surface area contributed by atoms with Crippen molar-refractivity contribution in [2.24, 2.45) is 0 Å². The van der Waals surface area contributed by atoms with E-state index in [9.17, 15) is 16.8 Å². The molecule has 4 aromatic carbocycles. The van der Waals surface area contributed by atoms with Crippen LogP contribution >= 0.6 is 0 Å². The third-order valence-electron chi connectivity index (χ3n) is 6.67. The van der Waals surface area contributed by atoms with Crippen molar-refractivity contribution in [1.82, 2.24) is 0 Å². The minimum Gasteiger partial charge on any atom is -0.382 e. The Morgan fingerprint density at radius 3 is 1.03 bits per heavy atom. The topological polar surface area (TPSA) is 86.7 Å². The molecule has 0 bridgehead atoms. The normalized spacial score (nSPS) is 12.3. The summed E-state index contributed by atoms with van der Waals surface area (Å²) in [4.78, 5) is 0. The van der Waals surface area contributed by atoms with Gasteiger partial charge in [-0.05, 0) is 72.2 Å². The molecule has 6 nitrogen and oxygen atoms in total. The molecule has 0 radical (unpaired) electrons. The molecule has 8 heteroatoms. The van der Waals surface area contributed by atoms with Crippen LogP contribution in [0, 0.1) is 27.7 Å². The van der Waals surface area contributed by atoms with E-state index in [-0.39, 0.29) is 0 Å². The van der Waals surface area contributed by atoms with Crippen LogP contribution in [0.5, 0.6) is 11.5 Å². The van der Waals surface area contributed by atoms with Crippen molar-refractivity contribution in [3.63, 3.8) is 0 Å². The summed E-state index contributed by atoms with van der Waals surface area (Å²) in [6.07, 6.45) is 2.06. The van der Waals surface area contributed by atoms with Crippen LogP contribution in [0.25, 0.3) is 0 Å². The average Bonchev–Trinajstić information content (AvgIpc) is 2.84. The van der Waals surface area contributed by atoms with Crippen LogP contribution in [0.4, 0.5) is 0 Å². The summed E-state index contributed by atoms with van der Waals surface area (Å²) in [5.41, 5.74) is 5.67. The Morgan fingerprint density at radius 1 is 0.487 bits per heavy atom. The molecule has 0 spiro atoms. The largest absolute Gasteiger partial charge is 0.382 e. The highest BCUT2D eigenvalue weighted by Crippen LogP contribution is 2.48. The number of aryl methyl sites for hydroxylation is 4. The standard InChI is InChI=1S/C31H32O6S2/c1-21-17-27(18-22(2)29(21)36-38(5,32)33)31(25-13-9-7-10-14-25,26-15-11-8-12-16-26)28-19-23(3)30(24(4)20-28)37-39(6,34)35/h7-20H,1-6H3. The van der Waals surface area contributed by atoms with Gasteiger partial charge in [-0.3, -0.25) is 0 Å². The van der Waals surface area contributed by atoms with E-state index in [1.807, 2.05) is 88.4 Å². The van der Waals surface area contributed by atoms with E-state index in [0.29, 0.717) is 33.8 Å². The molecule has 0 aliphatic rings. The molecule has 0 aliphatic carbocycles. The third kappa shape index (κ3) is 5.87. The maximum absolute atomic E-state index is 12.0. The molecule has 0 amide bonds. The van der Waals surface area contributed by atoms with E-state index < -0.39 is 25.7 Å². The highest BCUT2D eigenvalue weighted by Gasteiger charge is 2.40. The molecule has 0 N–H and O–H groups in total. The fourth-order valence-electron chi connectivity index (χ4n) is 5.28. The summed E-state index contributed by atoms with van der Waals surface area (Å²) in [6.45, 7) is 7.32. The zero-order valence-corrected chi connectivity index (χ0v) is 24.5. The highest BCUT2D eigenvalue weighted by molar-refractivity contribution is 7.86. The van der Waals surface area contributed by atoms with Gasteiger partial charge in [-0.15, -0.1) is 0 Å². The summed E-state index contributed by atoms with van der Waals surface area (Å²) in [5.74, 6) is 0.612. The van der Waals surface area contributed by atoms with Gasteiger partial charge in [0.25, 0.3) is 0 Å². The van der Waals surface area contributed by atoms with Gasteiger partial charge in [-0.2, -0.15) is 16.8 Å². The van der Waals surface area contributed by atoms with Gasteiger partial charge in [0.05, 0.1) is 17.9 Å². The van der Waals surface area contributed by atoms with Gasteiger partial charge in [0.2, 0.25) is 0 Å². The van der Waals surface area contributed by atoms with E-state index in [0.717, 1.165) is 34.8 Å². The van der Waals surface area contributed by atoms with Crippen molar-refractivity contribution in [3.8, 4) is 11.5 Å². The van der Waals surface area contributed by atoms with Crippen molar-refractivity contribution in [1.29, 1.82) is 0 Å². The number of rotatable bonds is 8. The molecular weight excluding hydrogens is 532 g/mol. The van der Waals surface area contributed by atoms with E-state index in [1.165, 1.54) is 0 Å². The van der Waals surface area contributed by atoms with Gasteiger partial charge in [-0.25, -0.2) is 0 Å². The predicted octanol–water partition coefficient (Wildman–Crippen LogP) is 5.98. The zero-order valence-electron chi connectivity index (χ0n) is 22.8. The lowest BCUT2D eigenvalue weighted by Crippen LogP contribution is -2.31. The van der Waals surface area contributed by atoms with E-state index in [1.54, 1.807) is 0 Å². The van der Waals surface area contributed by atoms with Crippen molar-refractivity contribution >= 4 is 20.2 Å². The van der Waals surface area contributed by atoms with Crippen LogP contribution in [0.15, 0.2) is 84.9 Å². The molecule has 0 atom stereocenters. The Bertz CT molecular complexity index is 1550. The molecule has 0 saturated carbocycles. The first-order valence-corrected chi connectivity index (χ1v) is 16.0. The molecule has 0 aliphatic heterocycles. The van der Waals surface area contributed by atoms with Gasteiger partial charge >= 0.3 is 20.2 Å². The summed E-state index contributed by atoms with van der Waals surface area (Å²) < 4.78 is 58.6. The van der Waals surface area contributed by atoms with Gasteiger partial charge in [0.1, 0.15) is 11.5 Å². The van der Waals surface area contributed by atoms with Gasteiger partial charge in [0, 0.05) is 0 Å². The summed E-state index contributed by atoms with van der Waals surface area (Å²) >= 11 is 0. The molecule has 0 unspecified atom stereocenters. The average molecular weight is 565 g/mol. The fourth-order valence-corrected chi connectivity index (χ4v) is 6.41. The second-order valence-corrected chi connectivity index (χ2v) is 13.1. The Labute approximate surface area is 231 Å². The van der Waals surface area contributed by atoms with Crippen molar-refractivity contribution in [2.45, 2.75) is 33.1 Å². The quantitative estimate of drug-likeness (QED) is 0.193. The fraction of sp³-hybridized carbons (Fsp3) is 0.226. The molecule has 4 aromatic rings. The van der Waals surface area contributed by atoms with Crippen LogP contribution in [0.1, 0.15) is 44.5 Å². The summed E-state index contributed by atoms with van der Waals surface area (Å²) in [5, 5.41) is 0. The number of hydrogen-bond donors (Lipinski definition) is 0. The lowest BCUT2D eigenvalue weighted by Gasteiger charge is -2.38. The molecule has 4 rings (SSSR count). The van der Waals surface area contributed by atoms with Crippen molar-refractivity contribution in [3.05, 3.63) is 129 Å². The van der Waals surface area contributed by atoms with Crippen LogP contribution < -0.4 is 8.37 Å². The second kappa shape index (κ2) is 10.5. The lowest BCUT2D eigenvalue weighted by atomic mass is 9.64. The number of benzene rings is 4. The summed E-state index contributed by atoms with van der Waals surface area (Å²) in [6, 6.07) is 27.9. The van der Waals surface area contributed by atoms with Crippen LogP contribution in [-0.4, -0.2) is 29.3 Å². The monoisotopic (exact) mass is 564 g/mol. The molecule has 39 heavy (non-hydrogen) atoms. The van der Waals surface area contributed by atoms with Gasteiger partial charge in [-0.1, -0.05) is 84.9 Å². The second-order valence-electron chi connectivity index (χ2n) is 9.94. The van der Waals surface area contributed by atoms with Gasteiger partial charge < -0.3 is 8.37 Å². The first-order chi connectivity index (χ1) is 18.2.